The van der Waals surface area contributed by atoms with Crippen molar-refractivity contribution < 1.29 is 19.4 Å². The van der Waals surface area contributed by atoms with E-state index in [1.165, 1.54) is 18.4 Å². The van der Waals surface area contributed by atoms with Gasteiger partial charge in [0.15, 0.2) is 0 Å². The van der Waals surface area contributed by atoms with Crippen LogP contribution in [0.1, 0.15) is 29.4 Å². The Kier molecular flexibility index (Phi) is 4.43. The number of Topliss-reactive ketones (excluding diaryl/α,β-unsaturated/α-hetero) is 1. The van der Waals surface area contributed by atoms with Gasteiger partial charge in [-0.15, -0.1) is 11.3 Å². The number of carboxylic acid groups (broad SMARTS) is 1. The third kappa shape index (κ3) is 2.72. The lowest BCUT2D eigenvalue weighted by atomic mass is 9.88. The topological polar surface area (TPSA) is 76.0 Å². The molecule has 1 aromatic rings. The molecule has 3 rings (SSSR count). The normalized spacial score (nSPS) is 17.2. The molecule has 0 radical (unpaired) electrons. The van der Waals surface area contributed by atoms with Gasteiger partial charge in [0.2, 0.25) is 5.78 Å². The molecule has 7 heteroatoms. The van der Waals surface area contributed by atoms with Crippen LogP contribution in [0, 0.1) is 0 Å². The van der Waals surface area contributed by atoms with Crippen LogP contribution >= 0.6 is 22.9 Å². The summed E-state index contributed by atoms with van der Waals surface area (Å²) in [6.07, 6.45) is 0.0987. The third-order valence-electron chi connectivity index (χ3n) is 3.92. The fourth-order valence-electron chi connectivity index (χ4n) is 2.88. The second-order valence-corrected chi connectivity index (χ2v) is 6.70. The van der Waals surface area contributed by atoms with E-state index >= 15 is 0 Å². The Labute approximate surface area is 147 Å². The molecular formula is C17H14ClNO4S. The van der Waals surface area contributed by atoms with Crippen LogP contribution < -0.4 is 0 Å². The van der Waals surface area contributed by atoms with Gasteiger partial charge in [-0.3, -0.25) is 14.6 Å². The molecule has 124 valence electrons. The van der Waals surface area contributed by atoms with Gasteiger partial charge < -0.3 is 9.84 Å². The number of nitrogens with zero attached hydrogens (tertiary/aromatic N) is 1. The lowest BCUT2D eigenvalue weighted by molar-refractivity contribution is -0.136. The number of hydrogen-bond acceptors (Lipinski definition) is 5. The Bertz CT molecular complexity index is 859. The van der Waals surface area contributed by atoms with E-state index in [1.807, 2.05) is 5.38 Å². The Hall–Kier alpha value is -2.18. The maximum absolute atomic E-state index is 12.7. The Morgan fingerprint density at radius 3 is 2.79 bits per heavy atom. The summed E-state index contributed by atoms with van der Waals surface area (Å²) in [5.41, 5.74) is 2.82. The lowest BCUT2D eigenvalue weighted by Gasteiger charge is -2.21. The van der Waals surface area contributed by atoms with Crippen molar-refractivity contribution in [3.8, 4) is 0 Å². The minimum absolute atomic E-state index is 0.147. The second-order valence-electron chi connectivity index (χ2n) is 5.38. The zero-order valence-electron chi connectivity index (χ0n) is 13.1. The number of aliphatic carboxylic acids is 1. The first-order valence-corrected chi connectivity index (χ1v) is 8.45. The van der Waals surface area contributed by atoms with Crippen molar-refractivity contribution in [1.29, 1.82) is 0 Å². The quantitative estimate of drug-likeness (QED) is 0.804. The number of methoxy groups -OCH3 is 1. The summed E-state index contributed by atoms with van der Waals surface area (Å²) in [6, 6.07) is 3.55. The Balaban J connectivity index is 2.10. The number of aliphatic imine (C=N–C) groups is 1. The molecular weight excluding hydrogens is 350 g/mol. The fraction of sp³-hybridized carbons (Fsp3) is 0.235. The molecule has 0 bridgehead atoms. The number of hydrogen-bond donors (Lipinski definition) is 1. The summed E-state index contributed by atoms with van der Waals surface area (Å²) < 4.78 is 5.38. The van der Waals surface area contributed by atoms with Crippen molar-refractivity contribution in [1.82, 2.24) is 0 Å². The molecule has 0 saturated heterocycles. The first-order chi connectivity index (χ1) is 11.4. The second kappa shape index (κ2) is 6.37. The maximum Gasteiger partial charge on any atom is 0.307 e. The zero-order valence-corrected chi connectivity index (χ0v) is 14.6. The van der Waals surface area contributed by atoms with Crippen molar-refractivity contribution in [3.05, 3.63) is 55.6 Å². The predicted octanol–water partition coefficient (Wildman–Crippen LogP) is 3.93. The Morgan fingerprint density at radius 2 is 2.21 bits per heavy atom. The zero-order chi connectivity index (χ0) is 17.4. The molecule has 1 aromatic heterocycles. The number of rotatable bonds is 5. The van der Waals surface area contributed by atoms with E-state index in [0.717, 1.165) is 0 Å². The molecule has 1 aliphatic heterocycles. The van der Waals surface area contributed by atoms with E-state index in [1.54, 1.807) is 19.1 Å². The first kappa shape index (κ1) is 16.7. The van der Waals surface area contributed by atoms with Gasteiger partial charge in [0.25, 0.3) is 0 Å². The van der Waals surface area contributed by atoms with Crippen LogP contribution in [0.3, 0.4) is 0 Å². The average Bonchev–Trinajstić information content (AvgIpc) is 3.15. The van der Waals surface area contributed by atoms with Gasteiger partial charge in [-0.25, -0.2) is 0 Å². The van der Waals surface area contributed by atoms with Crippen molar-refractivity contribution in [2.24, 2.45) is 4.99 Å². The maximum atomic E-state index is 12.7. The monoisotopic (exact) mass is 363 g/mol. The van der Waals surface area contributed by atoms with Crippen LogP contribution in [0.4, 0.5) is 0 Å². The number of fused-ring (bicyclic) bond motifs is 1. The van der Waals surface area contributed by atoms with Gasteiger partial charge in [0.1, 0.15) is 5.76 Å². The third-order valence-corrected chi connectivity index (χ3v) is 5.15. The van der Waals surface area contributed by atoms with Crippen molar-refractivity contribution in [2.45, 2.75) is 19.8 Å². The van der Waals surface area contributed by atoms with Crippen LogP contribution in [-0.4, -0.2) is 29.7 Å². The summed E-state index contributed by atoms with van der Waals surface area (Å²) in [7, 11) is 1.45. The van der Waals surface area contributed by atoms with Crippen LogP contribution in [-0.2, 0) is 9.53 Å². The molecule has 0 fully saturated rings. The van der Waals surface area contributed by atoms with Gasteiger partial charge in [0, 0.05) is 17.7 Å². The molecule has 0 amide bonds. The number of carbonyl (C=O) groups excluding carboxylic acids is 1. The van der Waals surface area contributed by atoms with E-state index in [0.29, 0.717) is 38.8 Å². The van der Waals surface area contributed by atoms with Crippen molar-refractivity contribution in [2.75, 3.05) is 7.11 Å². The molecule has 2 heterocycles. The highest BCUT2D eigenvalue weighted by molar-refractivity contribution is 7.12. The summed E-state index contributed by atoms with van der Waals surface area (Å²) >= 11 is 7.81. The number of ether oxygens (including phenoxy) is 1. The summed E-state index contributed by atoms with van der Waals surface area (Å²) in [5, 5.41) is 11.2. The number of carbonyl (C=O) groups is 2. The molecule has 24 heavy (non-hydrogen) atoms. The first-order valence-electron chi connectivity index (χ1n) is 7.19. The van der Waals surface area contributed by atoms with Gasteiger partial charge in [0.05, 0.1) is 34.7 Å². The molecule has 0 saturated carbocycles. The standard InChI is InChI=1S/C17H14ClNO4S/c1-8-9(7-13(20)21)14-11(19-8)6-10(17(23-2)15(14)18)16(22)12-4-3-5-24-12/h3-5H,6-7H2,1-2H3,(H,20,21). The minimum atomic E-state index is -0.957. The van der Waals surface area contributed by atoms with Crippen molar-refractivity contribution in [3.63, 3.8) is 0 Å². The minimum Gasteiger partial charge on any atom is -0.495 e. The molecule has 0 atom stereocenters. The van der Waals surface area contributed by atoms with Crippen LogP contribution in [0.2, 0.25) is 0 Å². The van der Waals surface area contributed by atoms with E-state index < -0.39 is 5.97 Å². The van der Waals surface area contributed by atoms with Gasteiger partial charge >= 0.3 is 5.97 Å². The van der Waals surface area contributed by atoms with Crippen LogP contribution in [0.25, 0.3) is 0 Å². The van der Waals surface area contributed by atoms with Gasteiger partial charge in [-0.05, 0) is 23.9 Å². The summed E-state index contributed by atoms with van der Waals surface area (Å²) in [4.78, 5) is 28.9. The number of ketones is 1. The summed E-state index contributed by atoms with van der Waals surface area (Å²) in [6.45, 7) is 1.74. The smallest absolute Gasteiger partial charge is 0.307 e. The van der Waals surface area contributed by atoms with Crippen LogP contribution in [0.15, 0.2) is 55.7 Å². The molecule has 0 unspecified atom stereocenters. The van der Waals surface area contributed by atoms with E-state index in [-0.39, 0.29) is 23.7 Å². The van der Waals surface area contributed by atoms with E-state index in [2.05, 4.69) is 4.99 Å². The molecule has 5 nitrogen and oxygen atoms in total. The summed E-state index contributed by atoms with van der Waals surface area (Å²) in [5.74, 6) is -0.811. The lowest BCUT2D eigenvalue weighted by Crippen LogP contribution is -2.19. The highest BCUT2D eigenvalue weighted by Crippen LogP contribution is 2.42. The number of allylic oxidation sites excluding steroid dienone is 4. The SMILES string of the molecule is COC1=C(C(=O)c2cccs2)CC2=NC(C)=C(CC(=O)O)C2=C1Cl. The molecule has 1 N–H and O–H groups in total. The fourth-order valence-corrected chi connectivity index (χ4v) is 3.99. The average molecular weight is 364 g/mol. The molecule has 0 spiro atoms. The van der Waals surface area contributed by atoms with E-state index in [4.69, 9.17) is 21.4 Å². The number of thiophene rings is 1. The largest absolute Gasteiger partial charge is 0.495 e. The number of carboxylic acids is 1. The highest BCUT2D eigenvalue weighted by Gasteiger charge is 2.35. The molecule has 1 aliphatic carbocycles. The van der Waals surface area contributed by atoms with E-state index in [9.17, 15) is 9.59 Å². The van der Waals surface area contributed by atoms with Gasteiger partial charge in [-0.1, -0.05) is 17.7 Å². The molecule has 0 aromatic carbocycles. The molecule has 2 aliphatic rings. The highest BCUT2D eigenvalue weighted by atomic mass is 35.5. The van der Waals surface area contributed by atoms with Crippen LogP contribution in [0.5, 0.6) is 0 Å². The van der Waals surface area contributed by atoms with Gasteiger partial charge in [-0.2, -0.15) is 0 Å². The van der Waals surface area contributed by atoms with Crippen molar-refractivity contribution >= 4 is 40.4 Å². The Morgan fingerprint density at radius 1 is 1.46 bits per heavy atom. The number of halogens is 1. The predicted molar refractivity (Wildman–Crippen MR) is 92.6 cm³/mol.